The Hall–Kier alpha value is -1.00. The number of hydrogen-bond donors (Lipinski definition) is 4. The van der Waals surface area contributed by atoms with Gasteiger partial charge in [-0.3, -0.25) is 0 Å². The summed E-state index contributed by atoms with van der Waals surface area (Å²) in [6.07, 6.45) is 0. The van der Waals surface area contributed by atoms with Crippen molar-refractivity contribution in [1.29, 1.82) is 0 Å². The molecule has 2 aromatic carbocycles. The molecule has 0 radical (unpaired) electrons. The molecule has 0 unspecified atom stereocenters. The van der Waals surface area contributed by atoms with Gasteiger partial charge < -0.3 is 11.5 Å². The lowest BCUT2D eigenvalue weighted by molar-refractivity contribution is 1.46. The van der Waals surface area contributed by atoms with Gasteiger partial charge in [-0.1, -0.05) is 0 Å². The van der Waals surface area contributed by atoms with E-state index in [0.717, 1.165) is 20.6 Å². The van der Waals surface area contributed by atoms with Crippen LogP contribution in [0.1, 0.15) is 0 Å². The Morgan fingerprint density at radius 3 is 1.43 bits per heavy atom. The van der Waals surface area contributed by atoms with Crippen LogP contribution >= 0.6 is 25.3 Å². The molecule has 4 heteroatoms. The average molecular weight is 222 g/mol. The van der Waals surface area contributed by atoms with Crippen LogP contribution < -0.4 is 11.5 Å². The van der Waals surface area contributed by atoms with Crippen LogP contribution in [0.5, 0.6) is 0 Å². The summed E-state index contributed by atoms with van der Waals surface area (Å²) >= 11 is 8.69. The molecule has 0 atom stereocenters. The first-order valence-corrected chi connectivity index (χ1v) is 4.99. The molecule has 0 aliphatic carbocycles. The number of thiol groups is 2. The fourth-order valence-corrected chi connectivity index (χ4v) is 2.14. The van der Waals surface area contributed by atoms with Gasteiger partial charge in [0.25, 0.3) is 0 Å². The molecule has 2 aromatic rings. The summed E-state index contributed by atoms with van der Waals surface area (Å²) in [5.74, 6) is 0. The Labute approximate surface area is 93.1 Å². The summed E-state index contributed by atoms with van der Waals surface area (Å²) in [5, 5.41) is 1.75. The molecule has 0 spiro atoms. The zero-order chi connectivity index (χ0) is 10.3. The van der Waals surface area contributed by atoms with Crippen LogP contribution in [0.15, 0.2) is 34.1 Å². The topological polar surface area (TPSA) is 52.0 Å². The number of anilines is 2. The molecular formula is C10H10N2S2. The molecule has 0 bridgehead atoms. The minimum atomic E-state index is 0.676. The Balaban J connectivity index is 3.05. The van der Waals surface area contributed by atoms with Crippen molar-refractivity contribution >= 4 is 47.4 Å². The number of nitrogens with two attached hydrogens (primary N) is 2. The van der Waals surface area contributed by atoms with Gasteiger partial charge in [-0.15, -0.1) is 25.3 Å². The van der Waals surface area contributed by atoms with Crippen LogP contribution in [-0.2, 0) is 0 Å². The highest BCUT2D eigenvalue weighted by Crippen LogP contribution is 2.35. The number of fused-ring (bicyclic) bond motifs is 1. The van der Waals surface area contributed by atoms with E-state index in [0.29, 0.717) is 11.4 Å². The summed E-state index contributed by atoms with van der Waals surface area (Å²) in [4.78, 5) is 1.64. The van der Waals surface area contributed by atoms with E-state index in [9.17, 15) is 0 Å². The molecule has 2 rings (SSSR count). The zero-order valence-electron chi connectivity index (χ0n) is 7.36. The number of hydrogen-bond acceptors (Lipinski definition) is 4. The lowest BCUT2D eigenvalue weighted by Crippen LogP contribution is -1.93. The minimum Gasteiger partial charge on any atom is -0.398 e. The summed E-state index contributed by atoms with van der Waals surface area (Å²) in [5.41, 5.74) is 13.1. The summed E-state index contributed by atoms with van der Waals surface area (Å²) < 4.78 is 0. The van der Waals surface area contributed by atoms with Gasteiger partial charge in [0.1, 0.15) is 0 Å². The molecule has 14 heavy (non-hydrogen) atoms. The molecule has 0 aliphatic rings. The molecule has 0 saturated carbocycles. The van der Waals surface area contributed by atoms with Gasteiger partial charge in [-0.25, -0.2) is 0 Å². The molecule has 0 aliphatic heterocycles. The number of nitrogen functional groups attached to an aromatic ring is 2. The molecule has 72 valence electrons. The van der Waals surface area contributed by atoms with Crippen LogP contribution in [0, 0.1) is 0 Å². The van der Waals surface area contributed by atoms with Crippen molar-refractivity contribution in [3.05, 3.63) is 24.3 Å². The Bertz CT molecular complexity index is 420. The predicted octanol–water partition coefficient (Wildman–Crippen LogP) is 2.58. The van der Waals surface area contributed by atoms with Gasteiger partial charge in [-0.05, 0) is 24.3 Å². The van der Waals surface area contributed by atoms with E-state index in [4.69, 9.17) is 11.5 Å². The lowest BCUT2D eigenvalue weighted by Gasteiger charge is -2.09. The minimum absolute atomic E-state index is 0.676. The summed E-state index contributed by atoms with van der Waals surface area (Å²) in [6.45, 7) is 0. The Kier molecular flexibility index (Phi) is 2.25. The largest absolute Gasteiger partial charge is 0.398 e. The Morgan fingerprint density at radius 2 is 1.07 bits per heavy atom. The zero-order valence-corrected chi connectivity index (χ0v) is 9.15. The smallest absolute Gasteiger partial charge is 0.0406 e. The van der Waals surface area contributed by atoms with Gasteiger partial charge in [0.2, 0.25) is 0 Å². The Morgan fingerprint density at radius 1 is 0.714 bits per heavy atom. The van der Waals surface area contributed by atoms with Gasteiger partial charge in [0.05, 0.1) is 0 Å². The van der Waals surface area contributed by atoms with Crippen LogP contribution in [0.4, 0.5) is 11.4 Å². The normalized spacial score (nSPS) is 10.7. The maximum atomic E-state index is 5.86. The van der Waals surface area contributed by atoms with Crippen molar-refractivity contribution < 1.29 is 0 Å². The first-order chi connectivity index (χ1) is 6.61. The lowest BCUT2D eigenvalue weighted by atomic mass is 10.1. The quantitative estimate of drug-likeness (QED) is 0.409. The van der Waals surface area contributed by atoms with E-state index in [1.165, 1.54) is 0 Å². The second-order valence-electron chi connectivity index (χ2n) is 3.10. The maximum Gasteiger partial charge on any atom is 0.0406 e. The van der Waals surface area contributed by atoms with E-state index >= 15 is 0 Å². The van der Waals surface area contributed by atoms with E-state index < -0.39 is 0 Å². The number of rotatable bonds is 0. The van der Waals surface area contributed by atoms with E-state index in [2.05, 4.69) is 25.3 Å². The standard InChI is InChI=1S/C10H10N2S2/c11-5-1-2-6(12)10-8(14)4-3-7(13)9(5)10/h1-4,13-14H,11-12H2. The van der Waals surface area contributed by atoms with Crippen molar-refractivity contribution in [3.63, 3.8) is 0 Å². The van der Waals surface area contributed by atoms with E-state index in [1.54, 1.807) is 12.1 Å². The maximum absolute atomic E-state index is 5.86. The molecule has 0 saturated heterocycles. The van der Waals surface area contributed by atoms with Crippen LogP contribution in [-0.4, -0.2) is 0 Å². The highest BCUT2D eigenvalue weighted by molar-refractivity contribution is 7.81. The summed E-state index contributed by atoms with van der Waals surface area (Å²) in [6, 6.07) is 7.29. The van der Waals surface area contributed by atoms with Crippen molar-refractivity contribution in [3.8, 4) is 0 Å². The molecule has 4 N–H and O–H groups in total. The third-order valence-electron chi connectivity index (χ3n) is 2.18. The van der Waals surface area contributed by atoms with Gasteiger partial charge in [-0.2, -0.15) is 0 Å². The average Bonchev–Trinajstić information content (AvgIpc) is 2.16. The third kappa shape index (κ3) is 1.31. The second kappa shape index (κ2) is 3.29. The van der Waals surface area contributed by atoms with Gasteiger partial charge >= 0.3 is 0 Å². The first kappa shape index (κ1) is 9.55. The van der Waals surface area contributed by atoms with Gasteiger partial charge in [0, 0.05) is 31.9 Å². The van der Waals surface area contributed by atoms with E-state index in [1.807, 2.05) is 12.1 Å². The van der Waals surface area contributed by atoms with Crippen molar-refractivity contribution in [2.75, 3.05) is 11.5 Å². The third-order valence-corrected chi connectivity index (χ3v) is 2.93. The molecule has 2 nitrogen and oxygen atoms in total. The fourth-order valence-electron chi connectivity index (χ4n) is 1.51. The van der Waals surface area contributed by atoms with Crippen LogP contribution in [0.25, 0.3) is 10.8 Å². The number of benzene rings is 2. The van der Waals surface area contributed by atoms with Crippen molar-refractivity contribution in [2.24, 2.45) is 0 Å². The fraction of sp³-hybridized carbons (Fsp3) is 0. The van der Waals surface area contributed by atoms with Gasteiger partial charge in [0.15, 0.2) is 0 Å². The van der Waals surface area contributed by atoms with E-state index in [-0.39, 0.29) is 0 Å². The molecule has 0 aromatic heterocycles. The van der Waals surface area contributed by atoms with Crippen LogP contribution in [0.3, 0.4) is 0 Å². The molecule has 0 fully saturated rings. The van der Waals surface area contributed by atoms with Crippen molar-refractivity contribution in [1.82, 2.24) is 0 Å². The molecule has 0 heterocycles. The first-order valence-electron chi connectivity index (χ1n) is 4.10. The second-order valence-corrected chi connectivity index (χ2v) is 4.06. The predicted molar refractivity (Wildman–Crippen MR) is 67.3 cm³/mol. The monoisotopic (exact) mass is 222 g/mol. The summed E-state index contributed by atoms with van der Waals surface area (Å²) in [7, 11) is 0. The molecule has 0 amide bonds. The highest BCUT2D eigenvalue weighted by Gasteiger charge is 2.07. The SMILES string of the molecule is Nc1ccc(N)c2c(S)ccc(S)c12. The van der Waals surface area contributed by atoms with Crippen LogP contribution in [0.2, 0.25) is 0 Å². The van der Waals surface area contributed by atoms with Crippen molar-refractivity contribution in [2.45, 2.75) is 9.79 Å². The highest BCUT2D eigenvalue weighted by atomic mass is 32.1. The molecular weight excluding hydrogens is 212 g/mol.